The Hall–Kier alpha value is -0.830. The first-order chi connectivity index (χ1) is 8.04. The Balaban J connectivity index is 2.28. The molecular formula is C13H20ClN3. The van der Waals surface area contributed by atoms with Gasteiger partial charge in [-0.2, -0.15) is 0 Å². The van der Waals surface area contributed by atoms with Crippen LogP contribution >= 0.6 is 11.6 Å². The minimum absolute atomic E-state index is 0.174. The first-order valence-electron chi connectivity index (χ1n) is 6.35. The second-order valence-electron chi connectivity index (χ2n) is 5.15. The summed E-state index contributed by atoms with van der Waals surface area (Å²) in [6.45, 7) is 6.28. The molecule has 0 radical (unpaired) electrons. The summed E-state index contributed by atoms with van der Waals surface area (Å²) in [7, 11) is 0. The van der Waals surface area contributed by atoms with Gasteiger partial charge in [0.2, 0.25) is 0 Å². The van der Waals surface area contributed by atoms with E-state index in [9.17, 15) is 0 Å². The lowest BCUT2D eigenvalue weighted by molar-refractivity contribution is 0.530. The van der Waals surface area contributed by atoms with Crippen molar-refractivity contribution < 1.29 is 0 Å². The number of hydrogen-bond acceptors (Lipinski definition) is 3. The molecule has 0 amide bonds. The summed E-state index contributed by atoms with van der Waals surface area (Å²) in [6, 6.07) is 0. The van der Waals surface area contributed by atoms with Crippen LogP contribution in [0.3, 0.4) is 0 Å². The van der Waals surface area contributed by atoms with E-state index in [0.717, 1.165) is 23.6 Å². The van der Waals surface area contributed by atoms with Crippen LogP contribution in [0.2, 0.25) is 5.15 Å². The summed E-state index contributed by atoms with van der Waals surface area (Å²) in [4.78, 5) is 8.82. The fraction of sp³-hybridized carbons (Fsp3) is 0.692. The predicted molar refractivity (Wildman–Crippen MR) is 71.7 cm³/mol. The molecule has 0 unspecified atom stereocenters. The molecule has 94 valence electrons. The van der Waals surface area contributed by atoms with Gasteiger partial charge in [0.15, 0.2) is 0 Å². The molecule has 0 aliphatic heterocycles. The molecule has 3 nitrogen and oxygen atoms in total. The standard InChI is InChI=1S/C13H20ClN3/c1-4-10-15-11(14)9(2)12(16-10)17-13(3)7-5-6-8-13/h4-8H2,1-3H3,(H,15,16,17). The Labute approximate surface area is 108 Å². The maximum atomic E-state index is 6.14. The normalized spacial score (nSPS) is 18.4. The molecule has 0 bridgehead atoms. The third kappa shape index (κ3) is 2.71. The van der Waals surface area contributed by atoms with Gasteiger partial charge in [-0.05, 0) is 26.7 Å². The van der Waals surface area contributed by atoms with Crippen LogP contribution in [0.5, 0.6) is 0 Å². The highest BCUT2D eigenvalue weighted by Gasteiger charge is 2.29. The fourth-order valence-corrected chi connectivity index (χ4v) is 2.57. The quantitative estimate of drug-likeness (QED) is 0.834. The van der Waals surface area contributed by atoms with Crippen molar-refractivity contribution in [2.75, 3.05) is 5.32 Å². The largest absolute Gasteiger partial charge is 0.365 e. The second kappa shape index (κ2) is 4.81. The zero-order valence-corrected chi connectivity index (χ0v) is 11.6. The van der Waals surface area contributed by atoms with Crippen LogP contribution in [0.4, 0.5) is 5.82 Å². The fourth-order valence-electron chi connectivity index (χ4n) is 2.38. The highest BCUT2D eigenvalue weighted by atomic mass is 35.5. The molecular weight excluding hydrogens is 234 g/mol. The first-order valence-corrected chi connectivity index (χ1v) is 6.73. The molecule has 1 saturated carbocycles. The summed E-state index contributed by atoms with van der Waals surface area (Å²) in [5, 5.41) is 4.14. The maximum Gasteiger partial charge on any atom is 0.137 e. The predicted octanol–water partition coefficient (Wildman–Crippen LogP) is 3.75. The first kappa shape index (κ1) is 12.6. The Morgan fingerprint density at radius 2 is 1.94 bits per heavy atom. The van der Waals surface area contributed by atoms with E-state index in [2.05, 4.69) is 22.2 Å². The highest BCUT2D eigenvalue weighted by molar-refractivity contribution is 6.30. The Morgan fingerprint density at radius 1 is 1.29 bits per heavy atom. The lowest BCUT2D eigenvalue weighted by atomic mass is 10.0. The van der Waals surface area contributed by atoms with Gasteiger partial charge >= 0.3 is 0 Å². The smallest absolute Gasteiger partial charge is 0.137 e. The van der Waals surface area contributed by atoms with Crippen molar-refractivity contribution in [3.63, 3.8) is 0 Å². The average molecular weight is 254 g/mol. The number of nitrogens with one attached hydrogen (secondary N) is 1. The zero-order valence-electron chi connectivity index (χ0n) is 10.8. The molecule has 4 heteroatoms. The summed E-state index contributed by atoms with van der Waals surface area (Å²) in [6.07, 6.45) is 5.81. The van der Waals surface area contributed by atoms with Crippen molar-refractivity contribution in [3.05, 3.63) is 16.5 Å². The Kier molecular flexibility index (Phi) is 3.57. The molecule has 0 aromatic carbocycles. The van der Waals surface area contributed by atoms with Crippen molar-refractivity contribution in [1.29, 1.82) is 0 Å². The minimum atomic E-state index is 0.174. The molecule has 1 N–H and O–H groups in total. The number of rotatable bonds is 3. The highest BCUT2D eigenvalue weighted by Crippen LogP contribution is 2.33. The zero-order chi connectivity index (χ0) is 12.5. The van der Waals surface area contributed by atoms with Crippen molar-refractivity contribution in [2.45, 2.75) is 58.4 Å². The third-order valence-corrected chi connectivity index (χ3v) is 3.94. The van der Waals surface area contributed by atoms with Crippen molar-refractivity contribution in [1.82, 2.24) is 9.97 Å². The van der Waals surface area contributed by atoms with Gasteiger partial charge in [-0.15, -0.1) is 0 Å². The monoisotopic (exact) mass is 253 g/mol. The SMILES string of the molecule is CCc1nc(Cl)c(C)c(NC2(C)CCCC2)n1. The summed E-state index contributed by atoms with van der Waals surface area (Å²) in [5.74, 6) is 1.72. The molecule has 17 heavy (non-hydrogen) atoms. The molecule has 0 saturated heterocycles. The Bertz CT molecular complexity index is 411. The lowest BCUT2D eigenvalue weighted by Gasteiger charge is -2.27. The second-order valence-corrected chi connectivity index (χ2v) is 5.51. The number of hydrogen-bond donors (Lipinski definition) is 1. The average Bonchev–Trinajstić information content (AvgIpc) is 2.71. The van der Waals surface area contributed by atoms with E-state index >= 15 is 0 Å². The molecule has 1 aliphatic carbocycles. The van der Waals surface area contributed by atoms with E-state index in [1.54, 1.807) is 0 Å². The van der Waals surface area contributed by atoms with Crippen molar-refractivity contribution in [3.8, 4) is 0 Å². The molecule has 2 rings (SSSR count). The van der Waals surface area contributed by atoms with Crippen LogP contribution in [0.1, 0.15) is 50.9 Å². The number of nitrogens with zero attached hydrogens (tertiary/aromatic N) is 2. The topological polar surface area (TPSA) is 37.8 Å². The number of anilines is 1. The van der Waals surface area contributed by atoms with Gasteiger partial charge in [0, 0.05) is 17.5 Å². The molecule has 1 aromatic heterocycles. The van der Waals surface area contributed by atoms with Crippen LogP contribution in [-0.4, -0.2) is 15.5 Å². The van der Waals surface area contributed by atoms with Crippen LogP contribution in [0.25, 0.3) is 0 Å². The van der Waals surface area contributed by atoms with Gasteiger partial charge in [0.1, 0.15) is 16.8 Å². The van der Waals surface area contributed by atoms with E-state index in [1.807, 2.05) is 13.8 Å². The van der Waals surface area contributed by atoms with Gasteiger partial charge in [-0.1, -0.05) is 31.4 Å². The molecule has 1 aliphatic rings. The van der Waals surface area contributed by atoms with E-state index in [1.165, 1.54) is 25.7 Å². The van der Waals surface area contributed by atoms with Crippen LogP contribution in [0, 0.1) is 6.92 Å². The number of aromatic nitrogens is 2. The van der Waals surface area contributed by atoms with Crippen LogP contribution in [0.15, 0.2) is 0 Å². The third-order valence-electron chi connectivity index (χ3n) is 3.58. The molecule has 0 atom stereocenters. The molecule has 1 heterocycles. The summed E-state index contributed by atoms with van der Waals surface area (Å²) < 4.78 is 0. The number of halogens is 1. The van der Waals surface area contributed by atoms with E-state index in [4.69, 9.17) is 11.6 Å². The van der Waals surface area contributed by atoms with E-state index < -0.39 is 0 Å². The maximum absolute atomic E-state index is 6.14. The van der Waals surface area contributed by atoms with Crippen LogP contribution < -0.4 is 5.32 Å². The van der Waals surface area contributed by atoms with Gasteiger partial charge in [-0.3, -0.25) is 0 Å². The van der Waals surface area contributed by atoms with Crippen molar-refractivity contribution in [2.24, 2.45) is 0 Å². The summed E-state index contributed by atoms with van der Waals surface area (Å²) in [5.41, 5.74) is 1.13. The van der Waals surface area contributed by atoms with Crippen molar-refractivity contribution >= 4 is 17.4 Å². The van der Waals surface area contributed by atoms with Gasteiger partial charge in [0.05, 0.1) is 0 Å². The molecule has 1 fully saturated rings. The molecule has 0 spiro atoms. The van der Waals surface area contributed by atoms with Crippen LogP contribution in [-0.2, 0) is 6.42 Å². The number of aryl methyl sites for hydroxylation is 1. The van der Waals surface area contributed by atoms with Gasteiger partial charge < -0.3 is 5.32 Å². The summed E-state index contributed by atoms with van der Waals surface area (Å²) >= 11 is 6.14. The van der Waals surface area contributed by atoms with E-state index in [0.29, 0.717) is 5.15 Å². The minimum Gasteiger partial charge on any atom is -0.365 e. The van der Waals surface area contributed by atoms with Gasteiger partial charge in [-0.25, -0.2) is 9.97 Å². The lowest BCUT2D eigenvalue weighted by Crippen LogP contribution is -2.32. The molecule has 1 aromatic rings. The van der Waals surface area contributed by atoms with Gasteiger partial charge in [0.25, 0.3) is 0 Å². The van der Waals surface area contributed by atoms with E-state index in [-0.39, 0.29) is 5.54 Å². The Morgan fingerprint density at radius 3 is 2.53 bits per heavy atom.